The number of carboxylic acids is 1. The number of aryl methyl sites for hydroxylation is 1. The van der Waals surface area contributed by atoms with Crippen molar-refractivity contribution in [2.45, 2.75) is 19.3 Å². The van der Waals surface area contributed by atoms with Gasteiger partial charge in [0.15, 0.2) is 0 Å². The normalized spacial score (nSPS) is 10.6. The largest absolute Gasteiger partial charge is 0.508 e. The maximum Gasteiger partial charge on any atom is 0.337 e. The number of aromatic hydroxyl groups is 1. The minimum absolute atomic E-state index is 0.0636. The van der Waals surface area contributed by atoms with Gasteiger partial charge >= 0.3 is 5.97 Å². The van der Waals surface area contributed by atoms with Crippen molar-refractivity contribution >= 4 is 40.5 Å². The number of carbonyl (C=O) groups excluding carboxylic acids is 1. The number of rotatable bonds is 7. The van der Waals surface area contributed by atoms with Gasteiger partial charge in [-0.3, -0.25) is 4.79 Å². The van der Waals surface area contributed by atoms with Crippen LogP contribution in [0.4, 0.5) is 5.69 Å². The van der Waals surface area contributed by atoms with Crippen molar-refractivity contribution in [3.05, 3.63) is 64.1 Å². The van der Waals surface area contributed by atoms with Gasteiger partial charge in [-0.15, -0.1) is 11.3 Å². The number of phenolic OH excluding ortho intramolecular Hbond substituents is 1. The van der Waals surface area contributed by atoms with Gasteiger partial charge in [-0.25, -0.2) is 9.78 Å². The Balaban J connectivity index is 1.55. The SMILES string of the molecule is O=C(CCCc1cnc(-c2ccc(O)cc2Cl)s1)Nc1ccccc1C(=O)O. The van der Waals surface area contributed by atoms with Crippen molar-refractivity contribution in [1.82, 2.24) is 4.98 Å². The van der Waals surface area contributed by atoms with Crippen LogP contribution in [0.5, 0.6) is 5.75 Å². The third-order valence-electron chi connectivity index (χ3n) is 4.00. The molecule has 1 heterocycles. The van der Waals surface area contributed by atoms with Crippen molar-refractivity contribution in [3.8, 4) is 16.3 Å². The first-order valence-corrected chi connectivity index (χ1v) is 9.69. The summed E-state index contributed by atoms with van der Waals surface area (Å²) in [5.41, 5.74) is 1.11. The third kappa shape index (κ3) is 4.88. The molecule has 8 heteroatoms. The monoisotopic (exact) mass is 416 g/mol. The molecule has 0 atom stereocenters. The van der Waals surface area contributed by atoms with Gasteiger partial charge in [0.2, 0.25) is 5.91 Å². The zero-order valence-electron chi connectivity index (χ0n) is 14.7. The lowest BCUT2D eigenvalue weighted by Crippen LogP contribution is -2.14. The molecule has 0 saturated carbocycles. The maximum absolute atomic E-state index is 12.1. The Morgan fingerprint density at radius 1 is 1.18 bits per heavy atom. The van der Waals surface area contributed by atoms with Crippen molar-refractivity contribution in [3.63, 3.8) is 0 Å². The summed E-state index contributed by atoms with van der Waals surface area (Å²) in [5, 5.41) is 22.4. The average molecular weight is 417 g/mol. The molecule has 1 amide bonds. The molecule has 0 unspecified atom stereocenters. The van der Waals surface area contributed by atoms with Crippen LogP contribution < -0.4 is 5.32 Å². The van der Waals surface area contributed by atoms with Crippen molar-refractivity contribution in [1.29, 1.82) is 0 Å². The molecule has 6 nitrogen and oxygen atoms in total. The Morgan fingerprint density at radius 2 is 1.96 bits per heavy atom. The number of aromatic nitrogens is 1. The minimum atomic E-state index is -1.08. The number of carboxylic acid groups (broad SMARTS) is 1. The third-order valence-corrected chi connectivity index (χ3v) is 5.40. The molecule has 28 heavy (non-hydrogen) atoms. The number of carbonyl (C=O) groups is 2. The molecule has 3 aromatic rings. The smallest absolute Gasteiger partial charge is 0.337 e. The number of amides is 1. The van der Waals surface area contributed by atoms with Crippen LogP contribution in [0.1, 0.15) is 28.1 Å². The van der Waals surface area contributed by atoms with Crippen molar-refractivity contribution < 1.29 is 19.8 Å². The first-order valence-electron chi connectivity index (χ1n) is 8.50. The highest BCUT2D eigenvalue weighted by Gasteiger charge is 2.13. The standard InChI is InChI=1S/C20H17ClN2O4S/c21-16-10-12(24)8-9-14(16)19-22-11-13(28-19)4-3-7-18(25)23-17-6-2-1-5-15(17)20(26)27/h1-2,5-6,8-11,24H,3-4,7H2,(H,23,25)(H,26,27). The highest BCUT2D eigenvalue weighted by molar-refractivity contribution is 7.15. The molecular formula is C20H17ClN2O4S. The summed E-state index contributed by atoms with van der Waals surface area (Å²) in [4.78, 5) is 28.7. The summed E-state index contributed by atoms with van der Waals surface area (Å²) < 4.78 is 0. The van der Waals surface area contributed by atoms with E-state index in [0.717, 1.165) is 15.4 Å². The number of thiazole rings is 1. The van der Waals surface area contributed by atoms with E-state index in [4.69, 9.17) is 16.7 Å². The van der Waals surface area contributed by atoms with Crippen LogP contribution in [0.25, 0.3) is 10.6 Å². The van der Waals surface area contributed by atoms with Crippen LogP contribution in [0.2, 0.25) is 5.02 Å². The number of halogens is 1. The fourth-order valence-electron chi connectivity index (χ4n) is 2.64. The number of aromatic carboxylic acids is 1. The zero-order chi connectivity index (χ0) is 20.1. The van der Waals surface area contributed by atoms with Crippen molar-refractivity contribution in [2.75, 3.05) is 5.32 Å². The van der Waals surface area contributed by atoms with E-state index in [-0.39, 0.29) is 23.6 Å². The molecule has 0 fully saturated rings. The van der Waals surface area contributed by atoms with E-state index in [2.05, 4.69) is 10.3 Å². The van der Waals surface area contributed by atoms with E-state index in [1.54, 1.807) is 36.5 Å². The Labute approximate surface area is 170 Å². The summed E-state index contributed by atoms with van der Waals surface area (Å²) >= 11 is 7.62. The molecule has 3 N–H and O–H groups in total. The number of nitrogens with zero attached hydrogens (tertiary/aromatic N) is 1. The van der Waals surface area contributed by atoms with E-state index >= 15 is 0 Å². The van der Waals surface area contributed by atoms with Gasteiger partial charge in [0.25, 0.3) is 0 Å². The van der Waals surface area contributed by atoms with E-state index in [0.29, 0.717) is 23.6 Å². The minimum Gasteiger partial charge on any atom is -0.508 e. The van der Waals surface area contributed by atoms with E-state index in [1.807, 2.05) is 0 Å². The van der Waals surface area contributed by atoms with Gasteiger partial charge < -0.3 is 15.5 Å². The molecule has 0 aliphatic heterocycles. The van der Waals surface area contributed by atoms with Gasteiger partial charge in [-0.2, -0.15) is 0 Å². The van der Waals surface area contributed by atoms with Crippen LogP contribution >= 0.6 is 22.9 Å². The van der Waals surface area contributed by atoms with E-state index in [9.17, 15) is 14.7 Å². The summed E-state index contributed by atoms with van der Waals surface area (Å²) in [6, 6.07) is 11.0. The highest BCUT2D eigenvalue weighted by Crippen LogP contribution is 2.33. The van der Waals surface area contributed by atoms with E-state index in [1.165, 1.54) is 23.5 Å². The number of benzene rings is 2. The molecule has 0 spiro atoms. The Morgan fingerprint density at radius 3 is 2.71 bits per heavy atom. The molecule has 2 aromatic carbocycles. The van der Waals surface area contributed by atoms with Crippen LogP contribution in [-0.2, 0) is 11.2 Å². The summed E-state index contributed by atoms with van der Waals surface area (Å²) in [6.45, 7) is 0. The molecular weight excluding hydrogens is 400 g/mol. The number of para-hydroxylation sites is 1. The highest BCUT2D eigenvalue weighted by atomic mass is 35.5. The van der Waals surface area contributed by atoms with Gasteiger partial charge in [0.05, 0.1) is 16.3 Å². The van der Waals surface area contributed by atoms with Crippen LogP contribution in [0.15, 0.2) is 48.7 Å². The predicted molar refractivity (Wildman–Crippen MR) is 109 cm³/mol. The summed E-state index contributed by atoms with van der Waals surface area (Å²) in [7, 11) is 0. The first kappa shape index (κ1) is 19.9. The zero-order valence-corrected chi connectivity index (χ0v) is 16.3. The summed E-state index contributed by atoms with van der Waals surface area (Å²) in [5.74, 6) is -1.22. The van der Waals surface area contributed by atoms with Gasteiger partial charge in [0, 0.05) is 23.1 Å². The molecule has 0 saturated heterocycles. The average Bonchev–Trinajstić information content (AvgIpc) is 3.10. The Hall–Kier alpha value is -2.90. The Kier molecular flexibility index (Phi) is 6.28. The van der Waals surface area contributed by atoms with Crippen LogP contribution in [0.3, 0.4) is 0 Å². The van der Waals surface area contributed by atoms with E-state index < -0.39 is 5.97 Å². The van der Waals surface area contributed by atoms with Gasteiger partial charge in [0.1, 0.15) is 10.8 Å². The lowest BCUT2D eigenvalue weighted by atomic mass is 10.1. The number of hydrogen-bond acceptors (Lipinski definition) is 5. The second-order valence-corrected chi connectivity index (χ2v) is 7.57. The van der Waals surface area contributed by atoms with Crippen LogP contribution in [-0.4, -0.2) is 27.1 Å². The first-order chi connectivity index (χ1) is 13.4. The maximum atomic E-state index is 12.1. The topological polar surface area (TPSA) is 99.5 Å². The fourth-order valence-corrected chi connectivity index (χ4v) is 3.95. The number of anilines is 1. The second-order valence-electron chi connectivity index (χ2n) is 6.05. The molecule has 144 valence electrons. The lowest BCUT2D eigenvalue weighted by molar-refractivity contribution is -0.116. The van der Waals surface area contributed by atoms with Gasteiger partial charge in [-0.1, -0.05) is 23.7 Å². The molecule has 0 aliphatic rings. The van der Waals surface area contributed by atoms with Crippen LogP contribution in [0, 0.1) is 0 Å². The molecule has 0 aliphatic carbocycles. The lowest BCUT2D eigenvalue weighted by Gasteiger charge is -2.07. The van der Waals surface area contributed by atoms with Crippen molar-refractivity contribution in [2.24, 2.45) is 0 Å². The molecule has 1 aromatic heterocycles. The summed E-state index contributed by atoms with van der Waals surface area (Å²) in [6.07, 6.45) is 3.29. The quantitative estimate of drug-likeness (QED) is 0.512. The number of hydrogen-bond donors (Lipinski definition) is 3. The predicted octanol–water partition coefficient (Wildman–Crippen LogP) is 4.83. The molecule has 0 bridgehead atoms. The second kappa shape index (κ2) is 8.86. The molecule has 0 radical (unpaired) electrons. The van der Waals surface area contributed by atoms with Gasteiger partial charge in [-0.05, 0) is 43.2 Å². The Bertz CT molecular complexity index is 1020. The number of nitrogens with one attached hydrogen (secondary N) is 1. The fraction of sp³-hybridized carbons (Fsp3) is 0.150. The number of phenols is 1. The molecule has 3 rings (SSSR count).